The molecule has 1 unspecified atom stereocenters. The fraction of sp³-hybridized carbons (Fsp3) is 0.148. The van der Waals surface area contributed by atoms with Crippen molar-refractivity contribution in [3.05, 3.63) is 96.1 Å². The van der Waals surface area contributed by atoms with Gasteiger partial charge >= 0.3 is 0 Å². The zero-order valence-electron chi connectivity index (χ0n) is 19.6. The average Bonchev–Trinajstić information content (AvgIpc) is 3.52. The lowest BCUT2D eigenvalue weighted by Gasteiger charge is -2.20. The predicted molar refractivity (Wildman–Crippen MR) is 132 cm³/mol. The van der Waals surface area contributed by atoms with Crippen LogP contribution in [0.25, 0.3) is 22.2 Å². The van der Waals surface area contributed by atoms with E-state index in [4.69, 9.17) is 14.0 Å². The van der Waals surface area contributed by atoms with Gasteiger partial charge in [-0.1, -0.05) is 35.5 Å². The molecular formula is C27H24N4O4. The van der Waals surface area contributed by atoms with E-state index in [-0.39, 0.29) is 5.91 Å². The SMILES string of the molecule is COc1cc(OC)cc(C(NC(=O)c2ccc3noc(-c4ccccc4)c3c2)c2nccn2C)c1. The Bertz CT molecular complexity index is 1470. The molecule has 1 atom stereocenters. The van der Waals surface area contributed by atoms with E-state index in [0.717, 1.165) is 16.5 Å². The van der Waals surface area contributed by atoms with E-state index in [9.17, 15) is 4.79 Å². The molecule has 3 aromatic carbocycles. The van der Waals surface area contributed by atoms with Gasteiger partial charge in [0.15, 0.2) is 5.76 Å². The molecular weight excluding hydrogens is 444 g/mol. The maximum Gasteiger partial charge on any atom is 0.252 e. The first kappa shape index (κ1) is 22.2. The van der Waals surface area contributed by atoms with Crippen molar-refractivity contribution < 1.29 is 18.8 Å². The summed E-state index contributed by atoms with van der Waals surface area (Å²) in [4.78, 5) is 18.0. The summed E-state index contributed by atoms with van der Waals surface area (Å²) < 4.78 is 18.3. The number of ether oxygens (including phenoxy) is 2. The highest BCUT2D eigenvalue weighted by atomic mass is 16.5. The molecule has 5 rings (SSSR count). The zero-order valence-corrected chi connectivity index (χ0v) is 19.6. The second kappa shape index (κ2) is 9.34. The second-order valence-electron chi connectivity index (χ2n) is 8.06. The summed E-state index contributed by atoms with van der Waals surface area (Å²) in [7, 11) is 5.06. The van der Waals surface area contributed by atoms with Gasteiger partial charge in [-0.3, -0.25) is 4.79 Å². The van der Waals surface area contributed by atoms with Gasteiger partial charge in [-0.25, -0.2) is 4.98 Å². The highest BCUT2D eigenvalue weighted by Gasteiger charge is 2.24. The summed E-state index contributed by atoms with van der Waals surface area (Å²) in [5, 5.41) is 8.04. The second-order valence-corrected chi connectivity index (χ2v) is 8.06. The van der Waals surface area contributed by atoms with Gasteiger partial charge in [-0.2, -0.15) is 0 Å². The number of aromatic nitrogens is 3. The van der Waals surface area contributed by atoms with Gasteiger partial charge in [0, 0.05) is 36.6 Å². The Morgan fingerprint density at radius 1 is 1.00 bits per heavy atom. The van der Waals surface area contributed by atoms with E-state index in [1.807, 2.05) is 60.3 Å². The first-order valence-corrected chi connectivity index (χ1v) is 11.0. The van der Waals surface area contributed by atoms with Crippen LogP contribution in [0.15, 0.2) is 83.6 Å². The molecule has 0 fully saturated rings. The lowest BCUT2D eigenvalue weighted by atomic mass is 10.0. The quantitative estimate of drug-likeness (QED) is 0.370. The molecule has 0 bridgehead atoms. The van der Waals surface area contributed by atoms with Crippen LogP contribution in [0.2, 0.25) is 0 Å². The minimum Gasteiger partial charge on any atom is -0.497 e. The van der Waals surface area contributed by atoms with Gasteiger partial charge < -0.3 is 23.9 Å². The Kier molecular flexibility index (Phi) is 5.93. The Labute approximate surface area is 202 Å². The molecule has 8 heteroatoms. The highest BCUT2D eigenvalue weighted by molar-refractivity contribution is 6.01. The van der Waals surface area contributed by atoms with Crippen LogP contribution in [-0.4, -0.2) is 34.8 Å². The summed E-state index contributed by atoms with van der Waals surface area (Å²) >= 11 is 0. The van der Waals surface area contributed by atoms with Crippen LogP contribution >= 0.6 is 0 Å². The molecule has 2 aromatic heterocycles. The highest BCUT2D eigenvalue weighted by Crippen LogP contribution is 2.31. The first-order chi connectivity index (χ1) is 17.1. The van der Waals surface area contributed by atoms with E-state index >= 15 is 0 Å². The zero-order chi connectivity index (χ0) is 24.4. The topological polar surface area (TPSA) is 91.4 Å². The van der Waals surface area contributed by atoms with Crippen molar-refractivity contribution in [3.8, 4) is 22.8 Å². The van der Waals surface area contributed by atoms with Crippen molar-refractivity contribution in [2.45, 2.75) is 6.04 Å². The smallest absolute Gasteiger partial charge is 0.252 e. The normalized spacial score (nSPS) is 11.9. The van der Waals surface area contributed by atoms with E-state index in [1.165, 1.54) is 0 Å². The minimum absolute atomic E-state index is 0.262. The Hall–Kier alpha value is -4.59. The number of hydrogen-bond acceptors (Lipinski definition) is 6. The third-order valence-electron chi connectivity index (χ3n) is 5.87. The largest absolute Gasteiger partial charge is 0.497 e. The molecule has 5 aromatic rings. The summed E-state index contributed by atoms with van der Waals surface area (Å²) in [5.41, 5.74) is 2.83. The summed E-state index contributed by atoms with van der Waals surface area (Å²) in [6, 6.07) is 20.0. The number of hydrogen-bond donors (Lipinski definition) is 1. The molecule has 0 radical (unpaired) electrons. The standard InChI is InChI=1S/C27H24N4O4/c1-31-12-11-28-26(31)24(19-13-20(33-2)16-21(14-19)34-3)29-27(32)18-9-10-23-22(15-18)25(35-30-23)17-7-5-4-6-8-17/h4-16,24H,1-3H3,(H,29,32). The number of imidazole rings is 1. The Morgan fingerprint density at radius 3 is 2.40 bits per heavy atom. The van der Waals surface area contributed by atoms with Gasteiger partial charge in [-0.15, -0.1) is 0 Å². The molecule has 8 nitrogen and oxygen atoms in total. The monoisotopic (exact) mass is 468 g/mol. The van der Waals surface area contributed by atoms with Crippen molar-refractivity contribution in [2.24, 2.45) is 7.05 Å². The summed E-state index contributed by atoms with van der Waals surface area (Å²) in [5.74, 6) is 2.26. The van der Waals surface area contributed by atoms with E-state index < -0.39 is 6.04 Å². The molecule has 0 saturated carbocycles. The van der Waals surface area contributed by atoms with Gasteiger partial charge in [0.1, 0.15) is 28.9 Å². The van der Waals surface area contributed by atoms with Gasteiger partial charge in [0.25, 0.3) is 5.91 Å². The lowest BCUT2D eigenvalue weighted by Crippen LogP contribution is -2.31. The summed E-state index contributed by atoms with van der Waals surface area (Å²) in [6.45, 7) is 0. The maximum absolute atomic E-state index is 13.5. The van der Waals surface area contributed by atoms with Crippen molar-refractivity contribution >= 4 is 16.8 Å². The lowest BCUT2D eigenvalue weighted by molar-refractivity contribution is 0.0941. The minimum atomic E-state index is -0.543. The molecule has 0 aliphatic rings. The summed E-state index contributed by atoms with van der Waals surface area (Å²) in [6.07, 6.45) is 3.53. The van der Waals surface area contributed by atoms with E-state index in [2.05, 4.69) is 15.5 Å². The van der Waals surface area contributed by atoms with Crippen molar-refractivity contribution in [1.82, 2.24) is 20.0 Å². The van der Waals surface area contributed by atoms with Crippen LogP contribution in [-0.2, 0) is 7.05 Å². The number of carbonyl (C=O) groups excluding carboxylic acids is 1. The van der Waals surface area contributed by atoms with Gasteiger partial charge in [0.2, 0.25) is 0 Å². The third-order valence-corrected chi connectivity index (χ3v) is 5.87. The number of nitrogens with one attached hydrogen (secondary N) is 1. The molecule has 2 heterocycles. The molecule has 35 heavy (non-hydrogen) atoms. The fourth-order valence-corrected chi connectivity index (χ4v) is 4.04. The number of benzene rings is 3. The van der Waals surface area contributed by atoms with E-state index in [0.29, 0.717) is 34.2 Å². The van der Waals surface area contributed by atoms with Crippen LogP contribution in [0.5, 0.6) is 11.5 Å². The van der Waals surface area contributed by atoms with Crippen LogP contribution in [0.1, 0.15) is 27.8 Å². The molecule has 1 N–H and O–H groups in total. The number of fused-ring (bicyclic) bond motifs is 1. The number of carbonyl (C=O) groups is 1. The van der Waals surface area contributed by atoms with Crippen LogP contribution < -0.4 is 14.8 Å². The van der Waals surface area contributed by atoms with Gasteiger partial charge in [-0.05, 0) is 35.9 Å². The Balaban J connectivity index is 1.53. The average molecular weight is 469 g/mol. The van der Waals surface area contributed by atoms with Crippen LogP contribution in [0.3, 0.4) is 0 Å². The molecule has 0 aliphatic heterocycles. The first-order valence-electron chi connectivity index (χ1n) is 11.0. The Morgan fingerprint density at radius 2 is 1.74 bits per heavy atom. The fourth-order valence-electron chi connectivity index (χ4n) is 4.04. The van der Waals surface area contributed by atoms with Crippen molar-refractivity contribution in [2.75, 3.05) is 14.2 Å². The maximum atomic E-state index is 13.5. The third kappa shape index (κ3) is 4.33. The molecule has 1 amide bonds. The molecule has 0 saturated heterocycles. The molecule has 176 valence electrons. The van der Waals surface area contributed by atoms with Gasteiger partial charge in [0.05, 0.1) is 19.6 Å². The van der Waals surface area contributed by atoms with Crippen molar-refractivity contribution in [3.63, 3.8) is 0 Å². The molecule has 0 spiro atoms. The van der Waals surface area contributed by atoms with Crippen molar-refractivity contribution in [1.29, 1.82) is 0 Å². The predicted octanol–water partition coefficient (Wildman–Crippen LogP) is 4.76. The molecule has 0 aliphatic carbocycles. The number of rotatable bonds is 7. The van der Waals surface area contributed by atoms with Crippen LogP contribution in [0.4, 0.5) is 0 Å². The van der Waals surface area contributed by atoms with Crippen LogP contribution in [0, 0.1) is 0 Å². The van der Waals surface area contributed by atoms with E-state index in [1.54, 1.807) is 44.7 Å². The number of aryl methyl sites for hydroxylation is 1. The number of amides is 1. The number of nitrogens with zero attached hydrogens (tertiary/aromatic N) is 3. The number of methoxy groups -OCH3 is 2.